The van der Waals surface area contributed by atoms with Gasteiger partial charge in [-0.1, -0.05) is 61.1 Å². The Labute approximate surface area is 228 Å². The number of carbonyl (C=O) groups excluding carboxylic acids is 3. The van der Waals surface area contributed by atoms with Crippen molar-refractivity contribution in [2.24, 2.45) is 0 Å². The molecule has 1 fully saturated rings. The lowest BCUT2D eigenvalue weighted by Gasteiger charge is -2.27. The van der Waals surface area contributed by atoms with Crippen LogP contribution in [0.1, 0.15) is 16.7 Å². The van der Waals surface area contributed by atoms with E-state index in [4.69, 9.17) is 27.9 Å². The highest BCUT2D eigenvalue weighted by molar-refractivity contribution is 9.10. The number of barbiturate groups is 1. The van der Waals surface area contributed by atoms with Crippen LogP contribution in [-0.4, -0.2) is 17.8 Å². The molecule has 0 aliphatic carbocycles. The molecule has 0 saturated carbocycles. The highest BCUT2D eigenvalue weighted by Crippen LogP contribution is 2.30. The topological polar surface area (TPSA) is 75.7 Å². The molecule has 1 aliphatic rings. The molecule has 0 radical (unpaired) electrons. The minimum Gasteiger partial charge on any atom is -0.488 e. The Morgan fingerprint density at radius 1 is 1.00 bits per heavy atom. The lowest BCUT2D eigenvalue weighted by atomic mass is 10.1. The fraction of sp³-hybridized carbons (Fsp3) is 0.0800. The standard InChI is InChI=1S/C25H16Br2Cl2N2O4/c1-13-8-18(5-6-20(13)27)31-24(33)19(23(32)30-25(31)34)10-15-9-16(26)3-7-22(15)35-12-14-2-4-17(28)11-21(14)29/h2-11H,12H2,1H3,(H,30,32,34)/b19-10+. The predicted octanol–water partition coefficient (Wildman–Crippen LogP) is 7.07. The van der Waals surface area contributed by atoms with Gasteiger partial charge in [-0.3, -0.25) is 14.9 Å². The molecule has 10 heteroatoms. The van der Waals surface area contributed by atoms with Crippen LogP contribution < -0.4 is 15.0 Å². The van der Waals surface area contributed by atoms with Crippen molar-refractivity contribution in [3.63, 3.8) is 0 Å². The molecule has 0 atom stereocenters. The van der Waals surface area contributed by atoms with Crippen molar-refractivity contribution in [1.82, 2.24) is 5.32 Å². The molecule has 1 aliphatic heterocycles. The van der Waals surface area contributed by atoms with Crippen molar-refractivity contribution in [3.8, 4) is 5.75 Å². The van der Waals surface area contributed by atoms with Gasteiger partial charge >= 0.3 is 6.03 Å². The zero-order chi connectivity index (χ0) is 25.3. The Morgan fingerprint density at radius 3 is 2.49 bits per heavy atom. The summed E-state index contributed by atoms with van der Waals surface area (Å²) >= 11 is 19.0. The Morgan fingerprint density at radius 2 is 1.77 bits per heavy atom. The van der Waals surface area contributed by atoms with E-state index in [0.717, 1.165) is 14.9 Å². The fourth-order valence-corrected chi connectivity index (χ4v) is 4.46. The smallest absolute Gasteiger partial charge is 0.335 e. The van der Waals surface area contributed by atoms with Gasteiger partial charge in [0.2, 0.25) is 0 Å². The molecule has 178 valence electrons. The summed E-state index contributed by atoms with van der Waals surface area (Å²) < 4.78 is 7.49. The molecule has 1 saturated heterocycles. The third-order valence-corrected chi connectivity index (χ3v) is 7.14. The van der Waals surface area contributed by atoms with Crippen LogP contribution in [0.5, 0.6) is 5.75 Å². The summed E-state index contributed by atoms with van der Waals surface area (Å²) in [6.45, 7) is 1.97. The SMILES string of the molecule is Cc1cc(N2C(=O)NC(=O)/C(=C\c3cc(Br)ccc3OCc3ccc(Cl)cc3Cl)C2=O)ccc1Br. The van der Waals surface area contributed by atoms with Crippen molar-refractivity contribution >= 4 is 84.7 Å². The van der Waals surface area contributed by atoms with Crippen molar-refractivity contribution in [2.75, 3.05) is 4.90 Å². The first-order valence-electron chi connectivity index (χ1n) is 10.2. The molecule has 1 heterocycles. The molecule has 0 aromatic heterocycles. The Hall–Kier alpha value is -2.65. The van der Waals surface area contributed by atoms with Gasteiger partial charge in [0.25, 0.3) is 11.8 Å². The molecule has 35 heavy (non-hydrogen) atoms. The molecule has 4 rings (SSSR count). The maximum Gasteiger partial charge on any atom is 0.335 e. The number of rotatable bonds is 5. The van der Waals surface area contributed by atoms with Crippen molar-refractivity contribution in [2.45, 2.75) is 13.5 Å². The summed E-state index contributed by atoms with van der Waals surface area (Å²) in [7, 11) is 0. The summed E-state index contributed by atoms with van der Waals surface area (Å²) in [6.07, 6.45) is 1.40. The Balaban J connectivity index is 1.68. The lowest BCUT2D eigenvalue weighted by Crippen LogP contribution is -2.54. The molecule has 0 spiro atoms. The number of benzene rings is 3. The monoisotopic (exact) mass is 636 g/mol. The van der Waals surface area contributed by atoms with Crippen LogP contribution in [0.4, 0.5) is 10.5 Å². The van der Waals surface area contributed by atoms with Crippen LogP contribution >= 0.6 is 55.1 Å². The summed E-state index contributed by atoms with van der Waals surface area (Å²) in [4.78, 5) is 39.4. The number of hydrogen-bond acceptors (Lipinski definition) is 4. The molecular weight excluding hydrogens is 623 g/mol. The summed E-state index contributed by atoms with van der Waals surface area (Å²) in [6, 6.07) is 14.5. The van der Waals surface area contributed by atoms with Crippen LogP contribution in [0.3, 0.4) is 0 Å². The van der Waals surface area contributed by atoms with E-state index in [1.807, 2.05) is 6.92 Å². The second kappa shape index (κ2) is 10.5. The van der Waals surface area contributed by atoms with E-state index in [9.17, 15) is 14.4 Å². The number of carbonyl (C=O) groups is 3. The Kier molecular flexibility index (Phi) is 7.66. The average Bonchev–Trinajstić information content (AvgIpc) is 2.79. The van der Waals surface area contributed by atoms with E-state index in [1.165, 1.54) is 6.08 Å². The zero-order valence-corrected chi connectivity index (χ0v) is 22.8. The number of nitrogens with one attached hydrogen (secondary N) is 1. The molecule has 6 nitrogen and oxygen atoms in total. The molecule has 1 N–H and O–H groups in total. The maximum absolute atomic E-state index is 13.3. The predicted molar refractivity (Wildman–Crippen MR) is 143 cm³/mol. The van der Waals surface area contributed by atoms with Crippen LogP contribution in [-0.2, 0) is 16.2 Å². The van der Waals surface area contributed by atoms with E-state index >= 15 is 0 Å². The van der Waals surface area contributed by atoms with Crippen LogP contribution in [0.15, 0.2) is 69.1 Å². The molecule has 3 aromatic rings. The molecule has 3 aromatic carbocycles. The summed E-state index contributed by atoms with van der Waals surface area (Å²) in [5.74, 6) is -1.13. The number of halogens is 4. The first kappa shape index (κ1) is 25.4. The average molecular weight is 639 g/mol. The molecular formula is C25H16Br2Cl2N2O4. The van der Waals surface area contributed by atoms with Crippen molar-refractivity contribution < 1.29 is 19.1 Å². The first-order chi connectivity index (χ1) is 16.6. The number of anilines is 1. The molecule has 4 amide bonds. The zero-order valence-electron chi connectivity index (χ0n) is 18.1. The minimum atomic E-state index is -0.818. The second-order valence-electron chi connectivity index (χ2n) is 7.60. The number of amides is 4. The van der Waals surface area contributed by atoms with E-state index in [2.05, 4.69) is 37.2 Å². The second-order valence-corrected chi connectivity index (χ2v) is 10.2. The number of ether oxygens (including phenoxy) is 1. The van der Waals surface area contributed by atoms with Gasteiger partial charge < -0.3 is 4.74 Å². The summed E-state index contributed by atoms with van der Waals surface area (Å²) in [5.41, 5.74) is 2.14. The number of imide groups is 2. The highest BCUT2D eigenvalue weighted by Gasteiger charge is 2.37. The number of hydrogen-bond donors (Lipinski definition) is 1. The van der Waals surface area contributed by atoms with Gasteiger partial charge in [-0.15, -0.1) is 0 Å². The summed E-state index contributed by atoms with van der Waals surface area (Å²) in [5, 5.41) is 3.20. The van der Waals surface area contributed by atoms with E-state index in [1.54, 1.807) is 54.6 Å². The highest BCUT2D eigenvalue weighted by atomic mass is 79.9. The van der Waals surface area contributed by atoms with Crippen LogP contribution in [0.25, 0.3) is 6.08 Å². The molecule has 0 unspecified atom stereocenters. The van der Waals surface area contributed by atoms with Gasteiger partial charge in [0.05, 0.1) is 5.69 Å². The third kappa shape index (κ3) is 5.62. The normalized spacial score (nSPS) is 14.9. The van der Waals surface area contributed by atoms with Gasteiger partial charge in [0, 0.05) is 30.1 Å². The largest absolute Gasteiger partial charge is 0.488 e. The number of nitrogens with zero attached hydrogens (tertiary/aromatic N) is 1. The quantitative estimate of drug-likeness (QED) is 0.240. The fourth-order valence-electron chi connectivity index (χ4n) is 3.37. The Bertz CT molecular complexity index is 1410. The van der Waals surface area contributed by atoms with E-state index in [-0.39, 0.29) is 12.2 Å². The first-order valence-corrected chi connectivity index (χ1v) is 12.5. The number of aryl methyl sites for hydroxylation is 1. The van der Waals surface area contributed by atoms with Crippen LogP contribution in [0, 0.1) is 6.92 Å². The third-order valence-electron chi connectivity index (χ3n) is 5.17. The van der Waals surface area contributed by atoms with Gasteiger partial charge in [-0.25, -0.2) is 9.69 Å². The van der Waals surface area contributed by atoms with Gasteiger partial charge in [-0.05, 0) is 67.1 Å². The van der Waals surface area contributed by atoms with Gasteiger partial charge in [-0.2, -0.15) is 0 Å². The molecule has 0 bridgehead atoms. The lowest BCUT2D eigenvalue weighted by molar-refractivity contribution is -0.122. The maximum atomic E-state index is 13.3. The van der Waals surface area contributed by atoms with Crippen LogP contribution in [0.2, 0.25) is 10.0 Å². The van der Waals surface area contributed by atoms with Crippen molar-refractivity contribution in [3.05, 3.63) is 95.9 Å². The van der Waals surface area contributed by atoms with Gasteiger partial charge in [0.1, 0.15) is 17.9 Å². The van der Waals surface area contributed by atoms with E-state index in [0.29, 0.717) is 37.1 Å². The number of urea groups is 1. The van der Waals surface area contributed by atoms with Gasteiger partial charge in [0.15, 0.2) is 0 Å². The minimum absolute atomic E-state index is 0.136. The van der Waals surface area contributed by atoms with E-state index < -0.39 is 17.8 Å². The van der Waals surface area contributed by atoms with Crippen molar-refractivity contribution in [1.29, 1.82) is 0 Å².